The Balaban J connectivity index is 1.57. The van der Waals surface area contributed by atoms with E-state index in [2.05, 4.69) is 22.1 Å². The van der Waals surface area contributed by atoms with Crippen molar-refractivity contribution in [3.8, 4) is 11.3 Å². The van der Waals surface area contributed by atoms with Crippen LogP contribution in [0.5, 0.6) is 0 Å². The van der Waals surface area contributed by atoms with E-state index in [4.69, 9.17) is 0 Å². The fourth-order valence-corrected chi connectivity index (χ4v) is 4.36. The molecule has 5 heterocycles. The van der Waals surface area contributed by atoms with E-state index in [1.165, 1.54) is 6.20 Å². The first kappa shape index (κ1) is 16.3. The lowest BCUT2D eigenvalue weighted by Crippen LogP contribution is -2.62. The molecular weight excluding hydrogens is 319 g/mol. The van der Waals surface area contributed by atoms with Gasteiger partial charge in [0, 0.05) is 25.3 Å². The maximum absolute atomic E-state index is 14.0. The van der Waals surface area contributed by atoms with Crippen molar-refractivity contribution in [1.29, 1.82) is 0 Å². The highest BCUT2D eigenvalue weighted by Crippen LogP contribution is 2.32. The number of rotatable bonds is 3. The van der Waals surface area contributed by atoms with Gasteiger partial charge in [-0.3, -0.25) is 9.69 Å². The van der Waals surface area contributed by atoms with Crippen molar-refractivity contribution in [1.82, 2.24) is 19.8 Å². The number of nitrogens with one attached hydrogen (secondary N) is 1. The van der Waals surface area contributed by atoms with E-state index in [0.717, 1.165) is 25.9 Å². The minimum absolute atomic E-state index is 0.0938. The molecular formula is C19H23FN4O. The lowest BCUT2D eigenvalue weighted by Gasteiger charge is -2.49. The number of carbonyl (C=O) groups excluding carboxylic acids is 1. The number of halogens is 1. The van der Waals surface area contributed by atoms with Crippen molar-refractivity contribution in [3.63, 3.8) is 0 Å². The minimum Gasteiger partial charge on any atom is -0.346 e. The number of piperidine rings is 3. The normalized spacial score (nSPS) is 28.1. The van der Waals surface area contributed by atoms with E-state index in [-0.39, 0.29) is 11.9 Å². The second kappa shape index (κ2) is 6.26. The molecule has 2 aromatic rings. The topological polar surface area (TPSA) is 50.2 Å². The van der Waals surface area contributed by atoms with Gasteiger partial charge in [-0.1, -0.05) is 0 Å². The van der Waals surface area contributed by atoms with Crippen LogP contribution in [0.25, 0.3) is 11.3 Å². The van der Waals surface area contributed by atoms with Crippen LogP contribution in [0.3, 0.4) is 0 Å². The summed E-state index contributed by atoms with van der Waals surface area (Å²) >= 11 is 0. The molecule has 0 aromatic carbocycles. The summed E-state index contributed by atoms with van der Waals surface area (Å²) in [5, 5.41) is 3.23. The number of hydrogen-bond acceptors (Lipinski definition) is 3. The van der Waals surface area contributed by atoms with E-state index in [9.17, 15) is 9.18 Å². The van der Waals surface area contributed by atoms with Gasteiger partial charge in [-0.25, -0.2) is 4.98 Å². The van der Waals surface area contributed by atoms with Crippen LogP contribution in [0, 0.1) is 11.9 Å². The lowest BCUT2D eigenvalue weighted by atomic mass is 9.79. The molecule has 2 aromatic heterocycles. The monoisotopic (exact) mass is 342 g/mol. The molecule has 2 unspecified atom stereocenters. The van der Waals surface area contributed by atoms with E-state index in [1.54, 1.807) is 35.9 Å². The Labute approximate surface area is 146 Å². The molecule has 5 nitrogen and oxygen atoms in total. The average Bonchev–Trinajstić information content (AvgIpc) is 3.00. The zero-order valence-electron chi connectivity index (χ0n) is 14.6. The number of fused-ring (bicyclic) bond motifs is 3. The number of hydrogen-bond donors (Lipinski definition) is 1. The van der Waals surface area contributed by atoms with Crippen LogP contribution in [-0.2, 0) is 7.05 Å². The van der Waals surface area contributed by atoms with Crippen LogP contribution in [-0.4, -0.2) is 45.5 Å². The molecule has 1 amide bonds. The molecule has 3 aliphatic heterocycles. The Hall–Kier alpha value is -2.21. The first-order valence-corrected chi connectivity index (χ1v) is 8.88. The van der Waals surface area contributed by atoms with Crippen molar-refractivity contribution >= 4 is 5.91 Å². The summed E-state index contributed by atoms with van der Waals surface area (Å²) in [4.78, 5) is 19.0. The quantitative estimate of drug-likeness (QED) is 0.872. The van der Waals surface area contributed by atoms with Crippen LogP contribution >= 0.6 is 0 Å². The van der Waals surface area contributed by atoms with E-state index >= 15 is 0 Å². The Bertz CT molecular complexity index is 792. The average molecular weight is 342 g/mol. The van der Waals surface area contributed by atoms with Gasteiger partial charge in [-0.2, -0.15) is 4.39 Å². The van der Waals surface area contributed by atoms with Crippen molar-refractivity contribution in [3.05, 3.63) is 42.1 Å². The van der Waals surface area contributed by atoms with Gasteiger partial charge in [0.1, 0.15) is 5.69 Å². The summed E-state index contributed by atoms with van der Waals surface area (Å²) in [5.41, 5.74) is 1.60. The third-order valence-electron chi connectivity index (χ3n) is 5.86. The number of aromatic nitrogens is 2. The van der Waals surface area contributed by atoms with Crippen molar-refractivity contribution in [2.75, 3.05) is 13.1 Å². The van der Waals surface area contributed by atoms with Crippen LogP contribution in [0.4, 0.5) is 4.39 Å². The largest absolute Gasteiger partial charge is 0.346 e. The molecule has 6 heteroatoms. The minimum atomic E-state index is -0.526. The van der Waals surface area contributed by atoms with Gasteiger partial charge in [0.15, 0.2) is 0 Å². The summed E-state index contributed by atoms with van der Waals surface area (Å²) < 4.78 is 15.7. The highest BCUT2D eigenvalue weighted by Gasteiger charge is 2.40. The Morgan fingerprint density at radius 3 is 2.72 bits per heavy atom. The van der Waals surface area contributed by atoms with Crippen LogP contribution in [0.1, 0.15) is 30.3 Å². The molecule has 5 rings (SSSR count). The molecule has 0 spiro atoms. The smallest absolute Gasteiger partial charge is 0.268 e. The van der Waals surface area contributed by atoms with E-state index in [0.29, 0.717) is 28.9 Å². The Kier molecular flexibility index (Phi) is 4.07. The Morgan fingerprint density at radius 2 is 2.04 bits per heavy atom. The summed E-state index contributed by atoms with van der Waals surface area (Å²) in [6, 6.07) is 7.45. The standard InChI is InChI=1S/C19H23FN4O/c1-12-17(13-7-10-24(12)11-8-13)22-19(25)16-6-5-15(23(16)2)14-4-3-9-21-18(14)20/h3-6,9,12-13,17H,7-8,10-11H2,1-2H3,(H,22,25). The Morgan fingerprint density at radius 1 is 1.28 bits per heavy atom. The second-order valence-electron chi connectivity index (χ2n) is 7.12. The van der Waals surface area contributed by atoms with Gasteiger partial charge in [-0.15, -0.1) is 0 Å². The number of amides is 1. The van der Waals surface area contributed by atoms with E-state index in [1.807, 2.05) is 0 Å². The second-order valence-corrected chi connectivity index (χ2v) is 7.12. The molecule has 2 atom stereocenters. The van der Waals surface area contributed by atoms with Crippen molar-refractivity contribution in [2.45, 2.75) is 31.8 Å². The summed E-state index contributed by atoms with van der Waals surface area (Å²) in [7, 11) is 1.79. The number of carbonyl (C=O) groups is 1. The molecule has 3 aliphatic rings. The van der Waals surface area contributed by atoms with Gasteiger partial charge < -0.3 is 9.88 Å². The summed E-state index contributed by atoms with van der Waals surface area (Å²) in [6.45, 7) is 4.46. The van der Waals surface area contributed by atoms with Gasteiger partial charge in [0.05, 0.1) is 11.3 Å². The first-order chi connectivity index (χ1) is 12.1. The predicted octanol–water partition coefficient (Wildman–Crippen LogP) is 2.44. The van der Waals surface area contributed by atoms with Gasteiger partial charge >= 0.3 is 0 Å². The molecule has 3 fully saturated rings. The molecule has 3 saturated heterocycles. The molecule has 0 aliphatic carbocycles. The van der Waals surface area contributed by atoms with E-state index < -0.39 is 5.95 Å². The fourth-order valence-electron chi connectivity index (χ4n) is 4.36. The lowest BCUT2D eigenvalue weighted by molar-refractivity contribution is 0.0215. The number of pyridine rings is 1. The van der Waals surface area contributed by atoms with Crippen LogP contribution in [0.15, 0.2) is 30.5 Å². The molecule has 1 N–H and O–H groups in total. The van der Waals surface area contributed by atoms with Gasteiger partial charge in [0.25, 0.3) is 5.91 Å². The molecule has 132 valence electrons. The highest BCUT2D eigenvalue weighted by atomic mass is 19.1. The predicted molar refractivity (Wildman–Crippen MR) is 93.6 cm³/mol. The third-order valence-corrected chi connectivity index (χ3v) is 5.86. The molecule has 25 heavy (non-hydrogen) atoms. The highest BCUT2D eigenvalue weighted by molar-refractivity contribution is 5.94. The van der Waals surface area contributed by atoms with Crippen LogP contribution < -0.4 is 5.32 Å². The number of nitrogens with zero attached hydrogens (tertiary/aromatic N) is 3. The molecule has 0 radical (unpaired) electrons. The summed E-state index contributed by atoms with van der Waals surface area (Å²) in [6.07, 6.45) is 3.72. The summed E-state index contributed by atoms with van der Waals surface area (Å²) in [5.74, 6) is -0.0650. The zero-order valence-corrected chi connectivity index (χ0v) is 14.6. The van der Waals surface area contributed by atoms with Gasteiger partial charge in [0.2, 0.25) is 5.95 Å². The molecule has 2 bridgehead atoms. The van der Waals surface area contributed by atoms with Crippen LogP contribution in [0.2, 0.25) is 0 Å². The molecule has 0 saturated carbocycles. The zero-order chi connectivity index (χ0) is 17.6. The SMILES string of the molecule is CC1C(NC(=O)c2ccc(-c3cccnc3F)n2C)C2CCN1CC2. The van der Waals surface area contributed by atoms with Crippen molar-refractivity contribution < 1.29 is 9.18 Å². The van der Waals surface area contributed by atoms with Crippen molar-refractivity contribution in [2.24, 2.45) is 13.0 Å². The maximum atomic E-state index is 14.0. The third kappa shape index (κ3) is 2.74. The first-order valence-electron chi connectivity index (χ1n) is 8.88. The maximum Gasteiger partial charge on any atom is 0.268 e. The van der Waals surface area contributed by atoms with Gasteiger partial charge in [-0.05, 0) is 63.0 Å². The fraction of sp³-hybridized carbons (Fsp3) is 0.474.